The lowest BCUT2D eigenvalue weighted by molar-refractivity contribution is -0.134. The summed E-state index contributed by atoms with van der Waals surface area (Å²) in [5.41, 5.74) is 1.98. The van der Waals surface area contributed by atoms with Crippen LogP contribution in [0, 0.1) is 6.92 Å². The molecule has 0 saturated carbocycles. The molecule has 0 aliphatic carbocycles. The molecule has 2 N–H and O–H groups in total. The second-order valence-electron chi connectivity index (χ2n) is 7.08. The maximum Gasteiger partial charge on any atom is 0.322 e. The number of anilines is 1. The molecule has 3 rings (SSSR count). The largest absolute Gasteiger partial charge is 0.391 e. The Balaban J connectivity index is 1.70. The molecule has 29 heavy (non-hydrogen) atoms. The summed E-state index contributed by atoms with van der Waals surface area (Å²) in [6.45, 7) is 2.18. The number of hydrogen-bond acceptors (Lipinski definition) is 4. The first-order chi connectivity index (χ1) is 13.7. The lowest BCUT2D eigenvalue weighted by Crippen LogP contribution is -2.47. The number of hydrogen-bond donors (Lipinski definition) is 2. The Hall–Kier alpha value is -2.35. The highest BCUT2D eigenvalue weighted by atomic mass is 35.5. The van der Waals surface area contributed by atoms with E-state index in [0.29, 0.717) is 28.1 Å². The monoisotopic (exact) mass is 436 g/mol. The zero-order valence-corrected chi connectivity index (χ0v) is 17.6. The van der Waals surface area contributed by atoms with Crippen LogP contribution >= 0.6 is 23.2 Å². The van der Waals surface area contributed by atoms with Gasteiger partial charge in [0.25, 0.3) is 0 Å². The van der Waals surface area contributed by atoms with Gasteiger partial charge in [-0.25, -0.2) is 9.78 Å². The van der Waals surface area contributed by atoms with E-state index in [0.717, 1.165) is 5.56 Å². The average Bonchev–Trinajstić information content (AvgIpc) is 3.07. The molecule has 7 nitrogen and oxygen atoms in total. The molecule has 2 unspecified atom stereocenters. The quantitative estimate of drug-likeness (QED) is 0.719. The first-order valence-electron chi connectivity index (χ1n) is 9.13. The molecule has 2 atom stereocenters. The standard InChI is InChI=1S/C20H22Cl2N4O3/c1-12-16(7-8-18(22)23-12)24-20(29)26-11-15(27)9-17(26)19(28)25(2)10-13-3-5-14(21)6-4-13/h3-8,15,17,27H,9-11H2,1-2H3,(H,24,29). The van der Waals surface area contributed by atoms with Gasteiger partial charge in [-0.3, -0.25) is 4.79 Å². The third-order valence-electron chi connectivity index (χ3n) is 4.83. The molecule has 1 aliphatic rings. The molecule has 0 radical (unpaired) electrons. The number of pyridine rings is 1. The minimum atomic E-state index is -0.761. The van der Waals surface area contributed by atoms with Crippen molar-refractivity contribution in [3.63, 3.8) is 0 Å². The van der Waals surface area contributed by atoms with Gasteiger partial charge in [0, 0.05) is 31.6 Å². The van der Waals surface area contributed by atoms with Gasteiger partial charge in [0.2, 0.25) is 5.91 Å². The van der Waals surface area contributed by atoms with Gasteiger partial charge in [0.15, 0.2) is 0 Å². The number of aryl methyl sites for hydroxylation is 1. The summed E-state index contributed by atoms with van der Waals surface area (Å²) in [6, 6.07) is 9.22. The van der Waals surface area contributed by atoms with Crippen LogP contribution in [0.2, 0.25) is 10.2 Å². The van der Waals surface area contributed by atoms with E-state index in [1.807, 2.05) is 12.1 Å². The van der Waals surface area contributed by atoms with Crippen LogP contribution < -0.4 is 5.32 Å². The molecular formula is C20H22Cl2N4O3. The lowest BCUT2D eigenvalue weighted by atomic mass is 10.1. The van der Waals surface area contributed by atoms with Crippen molar-refractivity contribution in [2.24, 2.45) is 0 Å². The molecule has 1 aromatic carbocycles. The molecule has 2 aromatic rings. The van der Waals surface area contributed by atoms with Crippen LogP contribution in [0.1, 0.15) is 17.7 Å². The smallest absolute Gasteiger partial charge is 0.322 e. The zero-order valence-electron chi connectivity index (χ0n) is 16.1. The predicted molar refractivity (Wildman–Crippen MR) is 112 cm³/mol. The van der Waals surface area contributed by atoms with E-state index in [9.17, 15) is 14.7 Å². The Bertz CT molecular complexity index is 907. The van der Waals surface area contributed by atoms with Crippen molar-refractivity contribution in [2.75, 3.05) is 18.9 Å². The van der Waals surface area contributed by atoms with Crippen LogP contribution in [-0.2, 0) is 11.3 Å². The van der Waals surface area contributed by atoms with Crippen LogP contribution in [0.15, 0.2) is 36.4 Å². The van der Waals surface area contributed by atoms with Gasteiger partial charge in [0.1, 0.15) is 11.2 Å². The second-order valence-corrected chi connectivity index (χ2v) is 7.90. The summed E-state index contributed by atoms with van der Waals surface area (Å²) in [7, 11) is 1.67. The third kappa shape index (κ3) is 5.18. The van der Waals surface area contributed by atoms with Crippen molar-refractivity contribution >= 4 is 40.8 Å². The topological polar surface area (TPSA) is 85.8 Å². The van der Waals surface area contributed by atoms with E-state index >= 15 is 0 Å². The summed E-state index contributed by atoms with van der Waals surface area (Å²) in [4.78, 5) is 32.8. The Morgan fingerprint density at radius 1 is 1.24 bits per heavy atom. The predicted octanol–water partition coefficient (Wildman–Crippen LogP) is 3.32. The van der Waals surface area contributed by atoms with E-state index in [4.69, 9.17) is 23.2 Å². The van der Waals surface area contributed by atoms with Crippen LogP contribution in [0.4, 0.5) is 10.5 Å². The fourth-order valence-corrected chi connectivity index (χ4v) is 3.63. The average molecular weight is 437 g/mol. The molecule has 9 heteroatoms. The number of carbonyl (C=O) groups is 2. The highest BCUT2D eigenvalue weighted by Gasteiger charge is 2.40. The number of rotatable bonds is 4. The van der Waals surface area contributed by atoms with Crippen LogP contribution in [0.25, 0.3) is 0 Å². The maximum atomic E-state index is 13.0. The van der Waals surface area contributed by atoms with Crippen LogP contribution in [-0.4, -0.2) is 57.6 Å². The van der Waals surface area contributed by atoms with Gasteiger partial charge < -0.3 is 20.2 Å². The molecule has 1 aliphatic heterocycles. The highest BCUT2D eigenvalue weighted by Crippen LogP contribution is 2.23. The van der Waals surface area contributed by atoms with E-state index in [2.05, 4.69) is 10.3 Å². The van der Waals surface area contributed by atoms with Gasteiger partial charge in [-0.1, -0.05) is 35.3 Å². The van der Waals surface area contributed by atoms with Gasteiger partial charge in [0.05, 0.1) is 17.5 Å². The lowest BCUT2D eigenvalue weighted by Gasteiger charge is -2.28. The fourth-order valence-electron chi connectivity index (χ4n) is 3.32. The van der Waals surface area contributed by atoms with Crippen molar-refractivity contribution in [3.8, 4) is 0 Å². The number of amides is 3. The Kier molecular flexibility index (Phi) is 6.62. The molecule has 1 saturated heterocycles. The first-order valence-corrected chi connectivity index (χ1v) is 9.88. The molecule has 3 amide bonds. The summed E-state index contributed by atoms with van der Waals surface area (Å²) in [5.74, 6) is -0.238. The summed E-state index contributed by atoms with van der Waals surface area (Å²) in [5, 5.41) is 13.8. The minimum Gasteiger partial charge on any atom is -0.391 e. The molecule has 2 heterocycles. The number of benzene rings is 1. The number of urea groups is 1. The summed E-state index contributed by atoms with van der Waals surface area (Å²) in [6.07, 6.45) is -0.572. The Morgan fingerprint density at radius 3 is 2.59 bits per heavy atom. The molecule has 1 fully saturated rings. The normalized spacial score (nSPS) is 18.6. The van der Waals surface area contributed by atoms with Crippen molar-refractivity contribution in [1.82, 2.24) is 14.8 Å². The van der Waals surface area contributed by atoms with E-state index in [1.54, 1.807) is 43.1 Å². The fraction of sp³-hybridized carbons (Fsp3) is 0.350. The molecule has 1 aromatic heterocycles. The van der Waals surface area contributed by atoms with Gasteiger partial charge in [-0.2, -0.15) is 0 Å². The number of nitrogens with one attached hydrogen (secondary N) is 1. The number of aromatic nitrogens is 1. The molecule has 0 spiro atoms. The van der Waals surface area contributed by atoms with E-state index in [1.165, 1.54) is 4.90 Å². The van der Waals surface area contributed by atoms with Gasteiger partial charge >= 0.3 is 6.03 Å². The molecule has 154 valence electrons. The number of nitrogens with zero attached hydrogens (tertiary/aromatic N) is 3. The summed E-state index contributed by atoms with van der Waals surface area (Å²) >= 11 is 11.7. The first kappa shape index (κ1) is 21.4. The second kappa shape index (κ2) is 8.98. The van der Waals surface area contributed by atoms with Crippen molar-refractivity contribution in [1.29, 1.82) is 0 Å². The van der Waals surface area contributed by atoms with Crippen LogP contribution in [0.3, 0.4) is 0 Å². The maximum absolute atomic E-state index is 13.0. The van der Waals surface area contributed by atoms with E-state index < -0.39 is 18.2 Å². The Labute approximate surface area is 179 Å². The number of β-amino-alcohol motifs (C(OH)–C–C–N with tert-alkyl or cyclic N) is 1. The number of halogens is 2. The summed E-state index contributed by atoms with van der Waals surface area (Å²) < 4.78 is 0. The number of likely N-dealkylation sites (N-methyl/N-ethyl adjacent to an activating group) is 1. The number of aliphatic hydroxyl groups is 1. The zero-order chi connectivity index (χ0) is 21.1. The van der Waals surface area contributed by atoms with Crippen molar-refractivity contribution < 1.29 is 14.7 Å². The molecular weight excluding hydrogens is 415 g/mol. The number of likely N-dealkylation sites (tertiary alicyclic amines) is 1. The van der Waals surface area contributed by atoms with E-state index in [-0.39, 0.29) is 18.9 Å². The minimum absolute atomic E-state index is 0.0804. The van der Waals surface area contributed by atoms with Crippen LogP contribution in [0.5, 0.6) is 0 Å². The SMILES string of the molecule is Cc1nc(Cl)ccc1NC(=O)N1CC(O)CC1C(=O)N(C)Cc1ccc(Cl)cc1. The van der Waals surface area contributed by atoms with Crippen molar-refractivity contribution in [2.45, 2.75) is 32.0 Å². The van der Waals surface area contributed by atoms with Gasteiger partial charge in [-0.05, 0) is 36.8 Å². The molecule has 0 bridgehead atoms. The number of aliphatic hydroxyl groups excluding tert-OH is 1. The number of carbonyl (C=O) groups excluding carboxylic acids is 2. The van der Waals surface area contributed by atoms with Crippen molar-refractivity contribution in [3.05, 3.63) is 57.8 Å². The van der Waals surface area contributed by atoms with Gasteiger partial charge in [-0.15, -0.1) is 0 Å². The Morgan fingerprint density at radius 2 is 1.93 bits per heavy atom. The third-order valence-corrected chi connectivity index (χ3v) is 5.29. The highest BCUT2D eigenvalue weighted by molar-refractivity contribution is 6.30.